The first-order valence-electron chi connectivity index (χ1n) is 8.04. The first-order valence-corrected chi connectivity index (χ1v) is 8.45. The number of nitrogens with one attached hydrogen (secondary N) is 1. The average molecular weight is 330 g/mol. The van der Waals surface area contributed by atoms with Crippen molar-refractivity contribution in [1.29, 1.82) is 0 Å². The van der Waals surface area contributed by atoms with Gasteiger partial charge in [0.15, 0.2) is 0 Å². The van der Waals surface area contributed by atoms with Crippen LogP contribution < -0.4 is 5.43 Å². The van der Waals surface area contributed by atoms with Gasteiger partial charge in [-0.2, -0.15) is 5.10 Å². The molecule has 0 saturated carbocycles. The van der Waals surface area contributed by atoms with Gasteiger partial charge in [-0.25, -0.2) is 0 Å². The number of benzene rings is 1. The summed E-state index contributed by atoms with van der Waals surface area (Å²) in [5.41, 5.74) is 5.76. The predicted molar refractivity (Wildman–Crippen MR) is 105 cm³/mol. The van der Waals surface area contributed by atoms with Crippen LogP contribution in [0.5, 0.6) is 0 Å². The molecule has 0 radical (unpaired) electrons. The lowest BCUT2D eigenvalue weighted by Crippen LogP contribution is -2.17. The van der Waals surface area contributed by atoms with Crippen molar-refractivity contribution >= 4 is 22.9 Å². The quantitative estimate of drug-likeness (QED) is 0.486. The number of nitrogens with zero attached hydrogens (tertiary/aromatic N) is 2. The minimum absolute atomic E-state index is 0.640. The highest BCUT2D eigenvalue weighted by atomic mass is 32.1. The van der Waals surface area contributed by atoms with Crippen LogP contribution in [0.1, 0.15) is 45.9 Å². The van der Waals surface area contributed by atoms with Crippen molar-refractivity contribution < 1.29 is 0 Å². The van der Waals surface area contributed by atoms with Crippen molar-refractivity contribution in [2.24, 2.45) is 5.10 Å². The molecule has 0 aliphatic rings. The molecule has 1 aromatic carbocycles. The summed E-state index contributed by atoms with van der Waals surface area (Å²) in [7, 11) is 0. The van der Waals surface area contributed by atoms with Crippen molar-refractivity contribution in [3.63, 3.8) is 0 Å². The maximum Gasteiger partial charge on any atom is 0.0930 e. The minimum atomic E-state index is 0.640. The zero-order chi connectivity index (χ0) is 17.5. The summed E-state index contributed by atoms with van der Waals surface area (Å²) in [6.07, 6.45) is 2.48. The van der Waals surface area contributed by atoms with Crippen molar-refractivity contribution in [2.45, 2.75) is 41.0 Å². The smallest absolute Gasteiger partial charge is 0.0930 e. The Morgan fingerprint density at radius 3 is 2.13 bits per heavy atom. The van der Waals surface area contributed by atoms with E-state index in [2.05, 4.69) is 27.6 Å². The first kappa shape index (κ1) is 20.9. The van der Waals surface area contributed by atoms with Gasteiger partial charge in [0, 0.05) is 12.6 Å². The molecule has 0 unspecified atom stereocenters. The van der Waals surface area contributed by atoms with Gasteiger partial charge >= 0.3 is 0 Å². The van der Waals surface area contributed by atoms with Crippen molar-refractivity contribution in [3.8, 4) is 0 Å². The lowest BCUT2D eigenvalue weighted by atomic mass is 10.1. The highest BCUT2D eigenvalue weighted by Gasteiger charge is 2.06. The third kappa shape index (κ3) is 8.83. The Morgan fingerprint density at radius 1 is 1.00 bits per heavy atom. The fraction of sp³-hybridized carbons (Fsp3) is 0.316. The number of thiocarbonyl (C=S) groups is 1. The van der Waals surface area contributed by atoms with Crippen LogP contribution in [0.3, 0.4) is 0 Å². The minimum Gasteiger partial charge on any atom is -0.272 e. The maximum atomic E-state index is 4.99. The van der Waals surface area contributed by atoms with E-state index in [4.69, 9.17) is 12.2 Å². The molecule has 2 aromatic rings. The summed E-state index contributed by atoms with van der Waals surface area (Å²) >= 11 is 4.99. The molecule has 0 atom stereocenters. The van der Waals surface area contributed by atoms with Gasteiger partial charge in [0.05, 0.1) is 16.4 Å². The van der Waals surface area contributed by atoms with Gasteiger partial charge in [0.25, 0.3) is 0 Å². The average Bonchev–Trinajstić information content (AvgIpc) is 2.63. The zero-order valence-electron chi connectivity index (χ0n) is 14.7. The van der Waals surface area contributed by atoms with E-state index in [1.165, 1.54) is 5.56 Å². The van der Waals surface area contributed by atoms with E-state index in [9.17, 15) is 0 Å². The van der Waals surface area contributed by atoms with Gasteiger partial charge in [-0.1, -0.05) is 76.3 Å². The van der Waals surface area contributed by atoms with Gasteiger partial charge in [-0.3, -0.25) is 10.4 Å². The van der Waals surface area contributed by atoms with Crippen LogP contribution in [0.4, 0.5) is 0 Å². The normalized spacial score (nSPS) is 9.70. The van der Waals surface area contributed by atoms with Crippen LogP contribution in [0.25, 0.3) is 0 Å². The Bertz CT molecular complexity index is 566. The van der Waals surface area contributed by atoms with Crippen molar-refractivity contribution in [1.82, 2.24) is 10.4 Å². The largest absolute Gasteiger partial charge is 0.272 e. The van der Waals surface area contributed by atoms with E-state index in [1.807, 2.05) is 64.1 Å². The molecule has 0 aliphatic carbocycles. The van der Waals surface area contributed by atoms with Crippen LogP contribution in [-0.2, 0) is 6.42 Å². The molecule has 0 fully saturated rings. The SMILES string of the molecule is CC.CC.CC(=S)N/N=C(\Cc1ccccc1)c1ccccn1. The molecule has 1 heterocycles. The van der Waals surface area contributed by atoms with Gasteiger partial charge < -0.3 is 0 Å². The highest BCUT2D eigenvalue weighted by molar-refractivity contribution is 7.80. The van der Waals surface area contributed by atoms with Crippen LogP contribution in [0.15, 0.2) is 59.8 Å². The Morgan fingerprint density at radius 2 is 1.61 bits per heavy atom. The fourth-order valence-electron chi connectivity index (χ4n) is 1.66. The number of hydrogen-bond acceptors (Lipinski definition) is 3. The molecule has 4 heteroatoms. The third-order valence-corrected chi connectivity index (χ3v) is 2.61. The predicted octanol–water partition coefficient (Wildman–Crippen LogP) is 5.02. The Hall–Kier alpha value is -2.07. The van der Waals surface area contributed by atoms with E-state index < -0.39 is 0 Å². The van der Waals surface area contributed by atoms with E-state index >= 15 is 0 Å². The Labute approximate surface area is 145 Å². The van der Waals surface area contributed by atoms with Gasteiger partial charge in [0.1, 0.15) is 0 Å². The topological polar surface area (TPSA) is 37.3 Å². The van der Waals surface area contributed by atoms with Crippen molar-refractivity contribution in [3.05, 3.63) is 66.0 Å². The molecule has 0 bridgehead atoms. The molecule has 0 spiro atoms. The molecular formula is C19H27N3S. The van der Waals surface area contributed by atoms with Crippen LogP contribution in [-0.4, -0.2) is 15.7 Å². The second-order valence-electron chi connectivity index (χ2n) is 4.10. The van der Waals surface area contributed by atoms with Crippen molar-refractivity contribution in [2.75, 3.05) is 0 Å². The lowest BCUT2D eigenvalue weighted by Gasteiger charge is -2.07. The van der Waals surface area contributed by atoms with Gasteiger partial charge in [-0.05, 0) is 24.6 Å². The molecule has 124 valence electrons. The molecule has 1 aromatic heterocycles. The number of rotatable bonds is 4. The van der Waals surface area contributed by atoms with Crippen LogP contribution >= 0.6 is 12.2 Å². The number of aromatic nitrogens is 1. The summed E-state index contributed by atoms with van der Waals surface area (Å²) in [6.45, 7) is 9.80. The summed E-state index contributed by atoms with van der Waals surface area (Å²) in [6, 6.07) is 16.0. The summed E-state index contributed by atoms with van der Waals surface area (Å²) in [4.78, 5) is 4.98. The first-order chi connectivity index (χ1) is 11.3. The fourth-order valence-corrected chi connectivity index (χ4v) is 1.70. The summed E-state index contributed by atoms with van der Waals surface area (Å²) in [5.74, 6) is 0. The summed E-state index contributed by atoms with van der Waals surface area (Å²) in [5, 5.41) is 4.35. The highest BCUT2D eigenvalue weighted by Crippen LogP contribution is 2.06. The lowest BCUT2D eigenvalue weighted by molar-refractivity contribution is 1.02. The molecule has 2 rings (SSSR count). The van der Waals surface area contributed by atoms with E-state index in [0.717, 1.165) is 11.4 Å². The molecular weight excluding hydrogens is 302 g/mol. The Balaban J connectivity index is 0.00000112. The standard InChI is InChI=1S/C15H15N3S.2C2H6/c1-12(19)17-18-15(14-9-5-6-10-16-14)11-13-7-3-2-4-8-13;2*1-2/h2-10H,11H2,1H3,(H,17,19);2*1-2H3/b18-15+;;. The molecule has 0 saturated heterocycles. The third-order valence-electron chi connectivity index (χ3n) is 2.52. The van der Waals surface area contributed by atoms with E-state index in [-0.39, 0.29) is 0 Å². The molecule has 23 heavy (non-hydrogen) atoms. The summed E-state index contributed by atoms with van der Waals surface area (Å²) < 4.78 is 0. The van der Waals surface area contributed by atoms with Crippen LogP contribution in [0, 0.1) is 0 Å². The number of hydrazone groups is 1. The molecule has 0 amide bonds. The van der Waals surface area contributed by atoms with Crippen LogP contribution in [0.2, 0.25) is 0 Å². The second-order valence-corrected chi connectivity index (χ2v) is 4.72. The van der Waals surface area contributed by atoms with Gasteiger partial charge in [-0.15, -0.1) is 0 Å². The molecule has 1 N–H and O–H groups in total. The molecule has 3 nitrogen and oxygen atoms in total. The monoisotopic (exact) mass is 329 g/mol. The van der Waals surface area contributed by atoms with E-state index in [1.54, 1.807) is 13.1 Å². The number of pyridine rings is 1. The van der Waals surface area contributed by atoms with Gasteiger partial charge in [0.2, 0.25) is 0 Å². The Kier molecular flexibility index (Phi) is 12.4. The molecule has 0 aliphatic heterocycles. The number of hydrogen-bond donors (Lipinski definition) is 1. The van der Waals surface area contributed by atoms with E-state index in [0.29, 0.717) is 11.4 Å². The maximum absolute atomic E-state index is 4.99. The second kappa shape index (κ2) is 13.6. The zero-order valence-corrected chi connectivity index (χ0v) is 15.5.